The molecule has 0 saturated heterocycles. The Morgan fingerprint density at radius 2 is 1.93 bits per heavy atom. The molecule has 1 aliphatic rings. The van der Waals surface area contributed by atoms with Gasteiger partial charge in [0.1, 0.15) is 5.82 Å². The van der Waals surface area contributed by atoms with E-state index < -0.39 is 0 Å². The lowest BCUT2D eigenvalue weighted by molar-refractivity contribution is 0.0615. The molecule has 2 aromatic rings. The molecule has 4 heteroatoms. The number of hydrogen-bond donors (Lipinski definition) is 1. The van der Waals surface area contributed by atoms with Crippen molar-refractivity contribution in [3.05, 3.63) is 59.7 Å². The third-order valence-electron chi connectivity index (χ3n) is 5.75. The van der Waals surface area contributed by atoms with Crippen molar-refractivity contribution < 1.29 is 9.50 Å². The van der Waals surface area contributed by atoms with E-state index in [0.717, 1.165) is 25.9 Å². The van der Waals surface area contributed by atoms with E-state index in [1.165, 1.54) is 43.9 Å². The second kappa shape index (κ2) is 10.0. The lowest BCUT2D eigenvalue weighted by Crippen LogP contribution is -2.41. The second-order valence-corrected chi connectivity index (χ2v) is 7.88. The monoisotopic (exact) mass is 372 g/mol. The van der Waals surface area contributed by atoms with Crippen LogP contribution in [0.5, 0.6) is 0 Å². The van der Waals surface area contributed by atoms with Gasteiger partial charge in [0.05, 0.1) is 12.6 Å². The summed E-state index contributed by atoms with van der Waals surface area (Å²) in [5.41, 5.74) is 1.90. The fourth-order valence-corrected chi connectivity index (χ4v) is 4.25. The molecule has 0 unspecified atom stereocenters. The molecule has 1 aromatic heterocycles. The third kappa shape index (κ3) is 5.66. The number of aliphatic hydroxyl groups excluding tert-OH is 1. The SMILES string of the molecule is CCC[C@H](O)CN(Cc1cccn1Cc1ccccc1F)C1CCCCC1. The third-order valence-corrected chi connectivity index (χ3v) is 5.75. The van der Waals surface area contributed by atoms with Crippen LogP contribution in [0.15, 0.2) is 42.6 Å². The zero-order valence-corrected chi connectivity index (χ0v) is 16.5. The van der Waals surface area contributed by atoms with Crippen LogP contribution >= 0.6 is 0 Å². The topological polar surface area (TPSA) is 28.4 Å². The van der Waals surface area contributed by atoms with Gasteiger partial charge in [-0.15, -0.1) is 0 Å². The summed E-state index contributed by atoms with van der Waals surface area (Å²) in [7, 11) is 0. The van der Waals surface area contributed by atoms with Gasteiger partial charge in [-0.05, 0) is 37.5 Å². The van der Waals surface area contributed by atoms with Crippen molar-refractivity contribution in [3.8, 4) is 0 Å². The Morgan fingerprint density at radius 1 is 1.15 bits per heavy atom. The minimum Gasteiger partial charge on any atom is -0.392 e. The first-order valence-corrected chi connectivity index (χ1v) is 10.5. The number of benzene rings is 1. The van der Waals surface area contributed by atoms with Gasteiger partial charge in [-0.1, -0.05) is 50.8 Å². The molecule has 1 heterocycles. The smallest absolute Gasteiger partial charge is 0.128 e. The lowest BCUT2D eigenvalue weighted by Gasteiger charge is -2.36. The van der Waals surface area contributed by atoms with E-state index >= 15 is 0 Å². The van der Waals surface area contributed by atoms with E-state index in [1.54, 1.807) is 6.07 Å². The maximum atomic E-state index is 14.1. The summed E-state index contributed by atoms with van der Waals surface area (Å²) in [5.74, 6) is -0.153. The molecule has 0 bridgehead atoms. The molecule has 148 valence electrons. The van der Waals surface area contributed by atoms with Gasteiger partial charge in [-0.25, -0.2) is 4.39 Å². The quantitative estimate of drug-likeness (QED) is 0.673. The molecular weight excluding hydrogens is 339 g/mol. The van der Waals surface area contributed by atoms with Gasteiger partial charge < -0.3 is 9.67 Å². The van der Waals surface area contributed by atoms with Crippen molar-refractivity contribution >= 4 is 0 Å². The number of hydrogen-bond acceptors (Lipinski definition) is 2. The van der Waals surface area contributed by atoms with Crippen molar-refractivity contribution in [2.24, 2.45) is 0 Å². The first-order chi connectivity index (χ1) is 13.2. The fourth-order valence-electron chi connectivity index (χ4n) is 4.25. The van der Waals surface area contributed by atoms with Crippen molar-refractivity contribution in [3.63, 3.8) is 0 Å². The molecule has 0 spiro atoms. The summed E-state index contributed by atoms with van der Waals surface area (Å²) in [6.07, 6.45) is 9.92. The molecular formula is C23H33FN2O. The Bertz CT molecular complexity index is 693. The maximum absolute atomic E-state index is 14.1. The van der Waals surface area contributed by atoms with Crippen LogP contribution in [0.1, 0.15) is 63.1 Å². The summed E-state index contributed by atoms with van der Waals surface area (Å²) >= 11 is 0. The van der Waals surface area contributed by atoms with Crippen LogP contribution in [0.3, 0.4) is 0 Å². The molecule has 0 aliphatic heterocycles. The Hall–Kier alpha value is -1.65. The largest absolute Gasteiger partial charge is 0.392 e. The maximum Gasteiger partial charge on any atom is 0.128 e. The predicted molar refractivity (Wildman–Crippen MR) is 108 cm³/mol. The molecule has 27 heavy (non-hydrogen) atoms. The average Bonchev–Trinajstić information content (AvgIpc) is 3.11. The molecule has 3 nitrogen and oxygen atoms in total. The van der Waals surface area contributed by atoms with Crippen LogP contribution in [0, 0.1) is 5.82 Å². The number of nitrogens with zero attached hydrogens (tertiary/aromatic N) is 2. The Labute approximate surface area is 162 Å². The summed E-state index contributed by atoms with van der Waals surface area (Å²) in [6, 6.07) is 11.7. The van der Waals surface area contributed by atoms with Gasteiger partial charge in [0, 0.05) is 36.6 Å². The van der Waals surface area contributed by atoms with Crippen LogP contribution in [-0.2, 0) is 13.1 Å². The van der Waals surface area contributed by atoms with Crippen molar-refractivity contribution in [2.75, 3.05) is 6.54 Å². The van der Waals surface area contributed by atoms with Gasteiger partial charge >= 0.3 is 0 Å². The van der Waals surface area contributed by atoms with Gasteiger partial charge in [-0.2, -0.15) is 0 Å². The first kappa shape index (κ1) is 20.1. The minimum absolute atomic E-state index is 0.153. The molecule has 0 radical (unpaired) electrons. The van der Waals surface area contributed by atoms with E-state index in [4.69, 9.17) is 0 Å². The molecule has 0 amide bonds. The van der Waals surface area contributed by atoms with Crippen molar-refractivity contribution in [1.82, 2.24) is 9.47 Å². The van der Waals surface area contributed by atoms with Crippen molar-refractivity contribution in [2.45, 2.75) is 77.1 Å². The second-order valence-electron chi connectivity index (χ2n) is 7.88. The average molecular weight is 373 g/mol. The van der Waals surface area contributed by atoms with Gasteiger partial charge in [0.2, 0.25) is 0 Å². The Kier molecular flexibility index (Phi) is 7.48. The summed E-state index contributed by atoms with van der Waals surface area (Å²) in [4.78, 5) is 2.46. The van der Waals surface area contributed by atoms with E-state index in [9.17, 15) is 9.50 Å². The summed E-state index contributed by atoms with van der Waals surface area (Å²) < 4.78 is 16.2. The molecule has 1 aliphatic carbocycles. The molecule has 1 fully saturated rings. The molecule has 3 rings (SSSR count). The zero-order valence-electron chi connectivity index (χ0n) is 16.5. The number of aliphatic hydroxyl groups is 1. The molecule has 1 N–H and O–H groups in total. The fraction of sp³-hybridized carbons (Fsp3) is 0.565. The van der Waals surface area contributed by atoms with Crippen LogP contribution in [-0.4, -0.2) is 33.3 Å². The van der Waals surface area contributed by atoms with E-state index in [2.05, 4.69) is 22.5 Å². The number of aromatic nitrogens is 1. The normalized spacial score (nSPS) is 16.7. The Balaban J connectivity index is 1.73. The van der Waals surface area contributed by atoms with E-state index in [-0.39, 0.29) is 11.9 Å². The van der Waals surface area contributed by atoms with Crippen LogP contribution in [0.4, 0.5) is 4.39 Å². The zero-order chi connectivity index (χ0) is 19.1. The molecule has 1 saturated carbocycles. The van der Waals surface area contributed by atoms with E-state index in [1.807, 2.05) is 24.4 Å². The number of halogens is 1. The summed E-state index contributed by atoms with van der Waals surface area (Å²) in [6.45, 7) is 4.20. The predicted octanol–water partition coefficient (Wildman–Crippen LogP) is 4.97. The minimum atomic E-state index is -0.271. The molecule has 1 atom stereocenters. The van der Waals surface area contributed by atoms with Gasteiger partial charge in [-0.3, -0.25) is 4.90 Å². The highest BCUT2D eigenvalue weighted by molar-refractivity contribution is 5.19. The summed E-state index contributed by atoms with van der Waals surface area (Å²) in [5, 5.41) is 10.4. The van der Waals surface area contributed by atoms with Crippen LogP contribution in [0.25, 0.3) is 0 Å². The lowest BCUT2D eigenvalue weighted by atomic mass is 9.93. The molecule has 1 aromatic carbocycles. The first-order valence-electron chi connectivity index (χ1n) is 10.5. The standard InChI is InChI=1S/C23H33FN2O/c1-2-9-22(27)18-26(20-11-4-3-5-12-20)17-21-13-8-15-25(21)16-19-10-6-7-14-23(19)24/h6-8,10,13-15,20,22,27H,2-5,9,11-12,16-18H2,1H3/t22-/m0/s1. The van der Waals surface area contributed by atoms with Crippen LogP contribution < -0.4 is 0 Å². The van der Waals surface area contributed by atoms with Crippen LogP contribution in [0.2, 0.25) is 0 Å². The Morgan fingerprint density at radius 3 is 2.67 bits per heavy atom. The highest BCUT2D eigenvalue weighted by Gasteiger charge is 2.24. The van der Waals surface area contributed by atoms with Gasteiger partial charge in [0.15, 0.2) is 0 Å². The highest BCUT2D eigenvalue weighted by atomic mass is 19.1. The number of rotatable bonds is 9. The highest BCUT2D eigenvalue weighted by Crippen LogP contribution is 2.25. The van der Waals surface area contributed by atoms with E-state index in [0.29, 0.717) is 18.2 Å². The van der Waals surface area contributed by atoms with Gasteiger partial charge in [0.25, 0.3) is 0 Å². The van der Waals surface area contributed by atoms with Crippen molar-refractivity contribution in [1.29, 1.82) is 0 Å².